The number of hydrogen-bond acceptors (Lipinski definition) is 3. The Morgan fingerprint density at radius 1 is 1.39 bits per heavy atom. The first-order valence-electron chi connectivity index (χ1n) is 5.09. The van der Waals surface area contributed by atoms with Gasteiger partial charge in [0.05, 0.1) is 18.7 Å². The van der Waals surface area contributed by atoms with Crippen LogP contribution in [-0.2, 0) is 10.9 Å². The summed E-state index contributed by atoms with van der Waals surface area (Å²) < 4.78 is 47.5. The molecule has 18 heavy (non-hydrogen) atoms. The van der Waals surface area contributed by atoms with E-state index in [0.717, 1.165) is 12.1 Å². The molecule has 0 aliphatic carbocycles. The zero-order valence-corrected chi connectivity index (χ0v) is 9.38. The molecule has 1 atom stereocenters. The second-order valence-electron chi connectivity index (χ2n) is 3.79. The largest absolute Gasteiger partial charge is 0.497 e. The van der Waals surface area contributed by atoms with Crippen molar-refractivity contribution in [1.29, 1.82) is 0 Å². The summed E-state index contributed by atoms with van der Waals surface area (Å²) in [5, 5.41) is 2.42. The van der Waals surface area contributed by atoms with Crippen molar-refractivity contribution in [3.8, 4) is 5.75 Å². The Morgan fingerprint density at radius 3 is 2.61 bits per heavy atom. The maximum Gasteiger partial charge on any atom is 0.416 e. The minimum absolute atomic E-state index is 0.00327. The summed E-state index contributed by atoms with van der Waals surface area (Å²) in [7, 11) is 1.28. The van der Waals surface area contributed by atoms with E-state index in [9.17, 15) is 18.0 Å². The van der Waals surface area contributed by atoms with Crippen LogP contribution in [0.1, 0.15) is 17.2 Å². The van der Waals surface area contributed by atoms with Gasteiger partial charge in [0.1, 0.15) is 12.4 Å². The van der Waals surface area contributed by atoms with Gasteiger partial charge < -0.3 is 14.8 Å². The summed E-state index contributed by atoms with van der Waals surface area (Å²) in [6.45, 7) is 0.00327. The molecule has 1 saturated heterocycles. The number of ether oxygens (including phenoxy) is 2. The highest BCUT2D eigenvalue weighted by Crippen LogP contribution is 2.34. The van der Waals surface area contributed by atoms with Crippen LogP contribution < -0.4 is 10.1 Å². The number of nitrogens with one attached hydrogen (secondary N) is 1. The van der Waals surface area contributed by atoms with Gasteiger partial charge in [-0.2, -0.15) is 13.2 Å². The Kier molecular flexibility index (Phi) is 3.06. The van der Waals surface area contributed by atoms with Crippen molar-refractivity contribution < 1.29 is 27.4 Å². The molecule has 0 spiro atoms. The third-order valence-corrected chi connectivity index (χ3v) is 2.57. The van der Waals surface area contributed by atoms with Crippen LogP contribution in [0, 0.1) is 0 Å². The molecule has 0 aromatic heterocycles. The molecule has 1 aliphatic heterocycles. The molecule has 1 aromatic carbocycles. The molecule has 0 saturated carbocycles. The molecule has 1 amide bonds. The summed E-state index contributed by atoms with van der Waals surface area (Å²) in [6, 6.07) is 2.73. The van der Waals surface area contributed by atoms with Crippen molar-refractivity contribution in [2.24, 2.45) is 0 Å². The minimum atomic E-state index is -4.47. The molecule has 1 heterocycles. The van der Waals surface area contributed by atoms with E-state index in [1.165, 1.54) is 13.2 Å². The normalized spacial score (nSPS) is 19.3. The van der Waals surface area contributed by atoms with Gasteiger partial charge in [0.25, 0.3) is 0 Å². The molecule has 98 valence electrons. The van der Waals surface area contributed by atoms with E-state index in [-0.39, 0.29) is 12.4 Å². The lowest BCUT2D eigenvalue weighted by atomic mass is 10.0. The third-order valence-electron chi connectivity index (χ3n) is 2.57. The van der Waals surface area contributed by atoms with E-state index in [1.54, 1.807) is 0 Å². The SMILES string of the molecule is COc1cc([C@@H]2COC(=O)N2)cc(C(F)(F)F)c1. The smallest absolute Gasteiger partial charge is 0.416 e. The van der Waals surface area contributed by atoms with Gasteiger partial charge >= 0.3 is 12.3 Å². The fourth-order valence-electron chi connectivity index (χ4n) is 1.67. The Labute approximate surface area is 101 Å². The summed E-state index contributed by atoms with van der Waals surface area (Å²) in [4.78, 5) is 10.9. The number of carbonyl (C=O) groups is 1. The second-order valence-corrected chi connectivity index (χ2v) is 3.79. The van der Waals surface area contributed by atoms with Gasteiger partial charge in [0.2, 0.25) is 0 Å². The van der Waals surface area contributed by atoms with E-state index in [2.05, 4.69) is 10.1 Å². The first-order chi connectivity index (χ1) is 8.40. The molecular weight excluding hydrogens is 251 g/mol. The molecule has 1 aliphatic rings. The van der Waals surface area contributed by atoms with Crippen LogP contribution in [0.5, 0.6) is 5.75 Å². The number of hydrogen-bond donors (Lipinski definition) is 1. The maximum atomic E-state index is 12.7. The van der Waals surface area contributed by atoms with Crippen molar-refractivity contribution in [2.75, 3.05) is 13.7 Å². The lowest BCUT2D eigenvalue weighted by molar-refractivity contribution is -0.137. The summed E-state index contributed by atoms with van der Waals surface area (Å²) >= 11 is 0. The van der Waals surface area contributed by atoms with Crippen LogP contribution >= 0.6 is 0 Å². The van der Waals surface area contributed by atoms with Crippen molar-refractivity contribution in [3.05, 3.63) is 29.3 Å². The molecule has 4 nitrogen and oxygen atoms in total. The van der Waals surface area contributed by atoms with Gasteiger partial charge in [-0.1, -0.05) is 0 Å². The van der Waals surface area contributed by atoms with E-state index in [1.807, 2.05) is 0 Å². The number of alkyl carbamates (subject to hydrolysis) is 1. The number of rotatable bonds is 2. The van der Waals surface area contributed by atoms with Crippen LogP contribution in [0.3, 0.4) is 0 Å². The van der Waals surface area contributed by atoms with E-state index >= 15 is 0 Å². The molecule has 1 N–H and O–H groups in total. The monoisotopic (exact) mass is 261 g/mol. The molecule has 1 aromatic rings. The fourth-order valence-corrected chi connectivity index (χ4v) is 1.67. The number of alkyl halides is 3. The van der Waals surface area contributed by atoms with Crippen molar-refractivity contribution in [3.63, 3.8) is 0 Å². The highest BCUT2D eigenvalue weighted by atomic mass is 19.4. The third kappa shape index (κ3) is 2.49. The maximum absolute atomic E-state index is 12.7. The standard InChI is InChI=1S/C11H10F3NO3/c1-17-8-3-6(9-5-18-10(16)15-9)2-7(4-8)11(12,13)14/h2-4,9H,5H2,1H3,(H,15,16)/t9-/m0/s1. The number of amides is 1. The summed E-state index contributed by atoms with van der Waals surface area (Å²) in [5.41, 5.74) is -0.523. The topological polar surface area (TPSA) is 47.6 Å². The molecule has 7 heteroatoms. The molecule has 0 unspecified atom stereocenters. The van der Waals surface area contributed by atoms with Crippen molar-refractivity contribution in [1.82, 2.24) is 5.32 Å². The van der Waals surface area contributed by atoms with Crippen LogP contribution in [0.25, 0.3) is 0 Å². The Morgan fingerprint density at radius 2 is 2.11 bits per heavy atom. The predicted molar refractivity (Wildman–Crippen MR) is 55.2 cm³/mol. The molecular formula is C11H10F3NO3. The number of cyclic esters (lactones) is 1. The van der Waals surface area contributed by atoms with E-state index in [0.29, 0.717) is 5.56 Å². The average molecular weight is 261 g/mol. The Hall–Kier alpha value is -1.92. The number of benzene rings is 1. The average Bonchev–Trinajstić information content (AvgIpc) is 2.74. The lowest BCUT2D eigenvalue weighted by Crippen LogP contribution is -2.19. The van der Waals surface area contributed by atoms with Gasteiger partial charge in [0.15, 0.2) is 0 Å². The van der Waals surface area contributed by atoms with Crippen LogP contribution in [0.15, 0.2) is 18.2 Å². The summed E-state index contributed by atoms with van der Waals surface area (Å²) in [5.74, 6) is 0.0842. The van der Waals surface area contributed by atoms with Gasteiger partial charge in [-0.15, -0.1) is 0 Å². The second kappa shape index (κ2) is 4.40. The van der Waals surface area contributed by atoms with Gasteiger partial charge in [-0.05, 0) is 23.8 Å². The number of methoxy groups -OCH3 is 1. The quantitative estimate of drug-likeness (QED) is 0.889. The van der Waals surface area contributed by atoms with E-state index in [4.69, 9.17) is 4.74 Å². The lowest BCUT2D eigenvalue weighted by Gasteiger charge is -2.14. The highest BCUT2D eigenvalue weighted by Gasteiger charge is 2.33. The molecule has 0 radical (unpaired) electrons. The van der Waals surface area contributed by atoms with Crippen molar-refractivity contribution in [2.45, 2.75) is 12.2 Å². The molecule has 0 bridgehead atoms. The van der Waals surface area contributed by atoms with Crippen LogP contribution in [0.4, 0.5) is 18.0 Å². The zero-order chi connectivity index (χ0) is 13.3. The van der Waals surface area contributed by atoms with E-state index < -0.39 is 23.9 Å². The van der Waals surface area contributed by atoms with Crippen molar-refractivity contribution >= 4 is 6.09 Å². The van der Waals surface area contributed by atoms with Gasteiger partial charge in [-0.25, -0.2) is 4.79 Å². The first-order valence-corrected chi connectivity index (χ1v) is 5.09. The first kappa shape index (κ1) is 12.5. The van der Waals surface area contributed by atoms with Gasteiger partial charge in [-0.3, -0.25) is 0 Å². The number of halogens is 3. The van der Waals surface area contributed by atoms with Crippen LogP contribution in [0.2, 0.25) is 0 Å². The Bertz CT molecular complexity index is 473. The van der Waals surface area contributed by atoms with Gasteiger partial charge in [0, 0.05) is 0 Å². The fraction of sp³-hybridized carbons (Fsp3) is 0.364. The van der Waals surface area contributed by atoms with Crippen LogP contribution in [-0.4, -0.2) is 19.8 Å². The summed E-state index contributed by atoms with van der Waals surface area (Å²) in [6.07, 6.45) is -5.11. The zero-order valence-electron chi connectivity index (χ0n) is 9.38. The minimum Gasteiger partial charge on any atom is -0.497 e. The molecule has 2 rings (SSSR count). The molecule has 1 fully saturated rings. The Balaban J connectivity index is 2.38. The predicted octanol–water partition coefficient (Wildman–Crippen LogP) is 2.49. The number of carbonyl (C=O) groups excluding carboxylic acids is 1. The highest BCUT2D eigenvalue weighted by molar-refractivity contribution is 5.70.